The first-order valence-electron chi connectivity index (χ1n) is 8.56. The summed E-state index contributed by atoms with van der Waals surface area (Å²) >= 11 is -0.638. The summed E-state index contributed by atoms with van der Waals surface area (Å²) in [6.07, 6.45) is 9.98. The van der Waals surface area contributed by atoms with Crippen molar-refractivity contribution in [1.82, 2.24) is 0 Å². The minimum absolute atomic E-state index is 0. The first kappa shape index (κ1) is 23.4. The van der Waals surface area contributed by atoms with Gasteiger partial charge in [-0.1, -0.05) is 0 Å². The molecule has 0 nitrogen and oxygen atoms in total. The van der Waals surface area contributed by atoms with Crippen molar-refractivity contribution in [2.75, 3.05) is 0 Å². The molecular formula is C20H30Cl2Zr. The van der Waals surface area contributed by atoms with Gasteiger partial charge in [-0.25, -0.2) is 0 Å². The van der Waals surface area contributed by atoms with E-state index in [-0.39, 0.29) is 24.8 Å². The predicted octanol–water partition coefficient (Wildman–Crippen LogP) is 0.377. The number of hydrogen-bond acceptors (Lipinski definition) is 0. The van der Waals surface area contributed by atoms with E-state index in [1.54, 1.807) is 22.3 Å². The van der Waals surface area contributed by atoms with Crippen molar-refractivity contribution in [1.29, 1.82) is 0 Å². The molecule has 2 rings (SSSR count). The summed E-state index contributed by atoms with van der Waals surface area (Å²) in [6, 6.07) is 0. The minimum Gasteiger partial charge on any atom is -1.00 e. The molecule has 0 saturated heterocycles. The monoisotopic (exact) mass is 430 g/mol. The Morgan fingerprint density at radius 3 is 1.48 bits per heavy atom. The molecule has 0 aromatic heterocycles. The molecule has 0 spiro atoms. The number of allylic oxidation sites excluding steroid dienone is 8. The van der Waals surface area contributed by atoms with Crippen molar-refractivity contribution in [3.05, 3.63) is 41.0 Å². The Morgan fingerprint density at radius 2 is 1.17 bits per heavy atom. The van der Waals surface area contributed by atoms with Gasteiger partial charge in [-0.15, -0.1) is 0 Å². The van der Waals surface area contributed by atoms with Crippen LogP contribution in [0, 0.1) is 11.8 Å². The van der Waals surface area contributed by atoms with Gasteiger partial charge in [0.2, 0.25) is 0 Å². The zero-order valence-electron chi connectivity index (χ0n) is 15.4. The molecule has 0 N–H and O–H groups in total. The van der Waals surface area contributed by atoms with E-state index in [4.69, 9.17) is 0 Å². The van der Waals surface area contributed by atoms with Gasteiger partial charge in [0.25, 0.3) is 0 Å². The standard InChI is InChI=1S/2C10H15.2ClH.Zr/c2*1-4-9(3)10-6-5-8(2)7-10;;;/h2*5,9H,4,6H2,1-3H3;2*1H;/q;;;;+2/p-2. The minimum atomic E-state index is -0.638. The van der Waals surface area contributed by atoms with E-state index in [1.165, 1.54) is 25.7 Å². The molecule has 0 saturated carbocycles. The molecule has 0 heterocycles. The first-order valence-corrected chi connectivity index (χ1v) is 11.0. The summed E-state index contributed by atoms with van der Waals surface area (Å²) in [6.45, 7) is 14.2. The summed E-state index contributed by atoms with van der Waals surface area (Å²) in [5.41, 5.74) is 6.76. The Kier molecular flexibility index (Phi) is 10.6. The smallest absolute Gasteiger partial charge is 1.00 e. The predicted molar refractivity (Wildman–Crippen MR) is 89.7 cm³/mol. The molecule has 2 aliphatic carbocycles. The van der Waals surface area contributed by atoms with Gasteiger partial charge >= 0.3 is 143 Å². The maximum Gasteiger partial charge on any atom is -1.00 e. The van der Waals surface area contributed by atoms with Crippen LogP contribution in [-0.4, -0.2) is 0 Å². The average Bonchev–Trinajstić information content (AvgIpc) is 3.03. The zero-order valence-corrected chi connectivity index (χ0v) is 19.4. The van der Waals surface area contributed by atoms with Crippen LogP contribution in [0.3, 0.4) is 0 Å². The van der Waals surface area contributed by atoms with Crippen LogP contribution >= 0.6 is 0 Å². The van der Waals surface area contributed by atoms with E-state index >= 15 is 0 Å². The molecule has 0 bridgehead atoms. The van der Waals surface area contributed by atoms with Gasteiger partial charge in [0.15, 0.2) is 0 Å². The molecule has 0 aliphatic heterocycles. The zero-order chi connectivity index (χ0) is 15.6. The molecule has 3 heteroatoms. The van der Waals surface area contributed by atoms with E-state index in [0.717, 1.165) is 11.8 Å². The molecule has 23 heavy (non-hydrogen) atoms. The summed E-state index contributed by atoms with van der Waals surface area (Å²) in [5, 5.41) is 0. The van der Waals surface area contributed by atoms with Crippen molar-refractivity contribution in [3.63, 3.8) is 0 Å². The van der Waals surface area contributed by atoms with Crippen LogP contribution in [0.1, 0.15) is 67.2 Å². The summed E-state index contributed by atoms with van der Waals surface area (Å²) in [5.74, 6) is 1.54. The molecule has 0 radical (unpaired) electrons. The van der Waals surface area contributed by atoms with Gasteiger partial charge in [0.1, 0.15) is 0 Å². The largest absolute Gasteiger partial charge is 1.00 e. The quantitative estimate of drug-likeness (QED) is 0.569. The maximum absolute atomic E-state index is 2.48. The van der Waals surface area contributed by atoms with E-state index < -0.39 is 23.2 Å². The summed E-state index contributed by atoms with van der Waals surface area (Å²) in [7, 11) is 0. The third kappa shape index (κ3) is 5.20. The SMILES string of the molecule is CCC(C)C1=[C]([Zr+2][C]2=C(C(C)CC)CC=C2C)C(C)=CC1.[Cl-].[Cl-]. The fourth-order valence-electron chi connectivity index (χ4n) is 3.31. The second-order valence-corrected chi connectivity index (χ2v) is 9.80. The van der Waals surface area contributed by atoms with Crippen LogP contribution in [0.2, 0.25) is 0 Å². The Morgan fingerprint density at radius 1 is 0.826 bits per heavy atom. The molecule has 0 aromatic rings. The van der Waals surface area contributed by atoms with Crippen molar-refractivity contribution in [2.24, 2.45) is 11.8 Å². The van der Waals surface area contributed by atoms with Crippen LogP contribution < -0.4 is 24.8 Å². The van der Waals surface area contributed by atoms with Gasteiger partial charge in [-0.2, -0.15) is 0 Å². The van der Waals surface area contributed by atoms with Crippen molar-refractivity contribution in [2.45, 2.75) is 67.2 Å². The Bertz CT molecular complexity index is 490. The molecule has 2 atom stereocenters. The van der Waals surface area contributed by atoms with Gasteiger partial charge in [-0.05, 0) is 0 Å². The van der Waals surface area contributed by atoms with Crippen molar-refractivity contribution in [3.8, 4) is 0 Å². The van der Waals surface area contributed by atoms with Crippen LogP contribution in [-0.2, 0) is 23.2 Å². The Hall–Kier alpha value is 0.423. The van der Waals surface area contributed by atoms with E-state index in [1.807, 2.05) is 6.56 Å². The number of hydrogen-bond donors (Lipinski definition) is 0. The molecule has 2 unspecified atom stereocenters. The normalized spacial score (nSPS) is 19.6. The topological polar surface area (TPSA) is 0 Å². The fraction of sp³-hybridized carbons (Fsp3) is 0.600. The van der Waals surface area contributed by atoms with Crippen molar-refractivity contribution < 1.29 is 48.0 Å². The molecule has 128 valence electrons. The van der Waals surface area contributed by atoms with E-state index in [9.17, 15) is 0 Å². The van der Waals surface area contributed by atoms with Crippen molar-refractivity contribution >= 4 is 0 Å². The number of halogens is 2. The second kappa shape index (κ2) is 10.4. The Labute approximate surface area is 167 Å². The molecule has 0 amide bonds. The summed E-state index contributed by atoms with van der Waals surface area (Å²) in [4.78, 5) is 0. The van der Waals surface area contributed by atoms with Crippen LogP contribution in [0.25, 0.3) is 0 Å². The van der Waals surface area contributed by atoms with Gasteiger partial charge in [-0.3, -0.25) is 0 Å². The average molecular weight is 433 g/mol. The first-order chi connectivity index (χ1) is 9.99. The fourth-order valence-corrected chi connectivity index (χ4v) is 7.90. The molecule has 0 aromatic carbocycles. The maximum atomic E-state index is 2.48. The van der Waals surface area contributed by atoms with Crippen LogP contribution in [0.5, 0.6) is 0 Å². The Balaban J connectivity index is 0.00000242. The van der Waals surface area contributed by atoms with Gasteiger partial charge in [0, 0.05) is 0 Å². The summed E-state index contributed by atoms with van der Waals surface area (Å²) < 4.78 is 3.64. The van der Waals surface area contributed by atoms with E-state index in [0.29, 0.717) is 0 Å². The van der Waals surface area contributed by atoms with Gasteiger partial charge in [0.05, 0.1) is 0 Å². The third-order valence-electron chi connectivity index (χ3n) is 5.35. The number of rotatable bonds is 6. The third-order valence-corrected chi connectivity index (χ3v) is 10.1. The second-order valence-electron chi connectivity index (χ2n) is 6.73. The molecule has 2 aliphatic rings. The van der Waals surface area contributed by atoms with E-state index in [2.05, 4.69) is 53.7 Å². The molecule has 0 fully saturated rings. The van der Waals surface area contributed by atoms with Gasteiger partial charge < -0.3 is 24.8 Å². The molecular weight excluding hydrogens is 402 g/mol. The van der Waals surface area contributed by atoms with Crippen LogP contribution in [0.15, 0.2) is 41.0 Å². The van der Waals surface area contributed by atoms with Crippen LogP contribution in [0.4, 0.5) is 0 Å².